The van der Waals surface area contributed by atoms with Crippen molar-refractivity contribution in [1.82, 2.24) is 0 Å². The average molecular weight is 831 g/mol. The van der Waals surface area contributed by atoms with E-state index >= 15 is 0 Å². The highest BCUT2D eigenvalue weighted by atomic mass is 16.7. The molecular weight excluding hydrogens is 767 g/mol. The number of hydrogen-bond donors (Lipinski definition) is 0. The molecule has 6 aromatic carbocycles. The Balaban J connectivity index is 1.26. The van der Waals surface area contributed by atoms with E-state index in [-0.39, 0.29) is 40.6 Å². The van der Waals surface area contributed by atoms with Crippen molar-refractivity contribution in [2.24, 2.45) is 0 Å². The molecular formula is C58H63BN2O2. The van der Waals surface area contributed by atoms with Crippen molar-refractivity contribution in [1.29, 1.82) is 0 Å². The molecule has 0 spiro atoms. The van der Waals surface area contributed by atoms with Crippen LogP contribution in [0.1, 0.15) is 135 Å². The molecule has 0 saturated heterocycles. The number of ether oxygens (including phenoxy) is 2. The molecule has 0 atom stereocenters. The van der Waals surface area contributed by atoms with Gasteiger partial charge >= 0.3 is 0 Å². The predicted molar refractivity (Wildman–Crippen MR) is 266 cm³/mol. The number of fused-ring (bicyclic) bond motifs is 7. The van der Waals surface area contributed by atoms with Crippen LogP contribution >= 0.6 is 0 Å². The van der Waals surface area contributed by atoms with Crippen LogP contribution in [0.5, 0.6) is 11.5 Å². The van der Waals surface area contributed by atoms with E-state index in [0.29, 0.717) is 0 Å². The van der Waals surface area contributed by atoms with Gasteiger partial charge in [0.05, 0.1) is 5.69 Å². The van der Waals surface area contributed by atoms with E-state index in [1.54, 1.807) is 0 Å². The fourth-order valence-electron chi connectivity index (χ4n) is 11.9. The first-order chi connectivity index (χ1) is 29.7. The molecule has 320 valence electrons. The van der Waals surface area contributed by atoms with Gasteiger partial charge in [0, 0.05) is 40.1 Å². The van der Waals surface area contributed by atoms with Gasteiger partial charge in [-0.3, -0.25) is 0 Å². The summed E-state index contributed by atoms with van der Waals surface area (Å²) >= 11 is 0. The van der Waals surface area contributed by atoms with E-state index < -0.39 is 0 Å². The molecule has 0 bridgehead atoms. The van der Waals surface area contributed by atoms with Gasteiger partial charge in [0.25, 0.3) is 6.71 Å². The summed E-state index contributed by atoms with van der Waals surface area (Å²) in [5, 5.41) is 0. The largest absolute Gasteiger partial charge is 0.454 e. The van der Waals surface area contributed by atoms with Crippen LogP contribution in [-0.2, 0) is 27.1 Å². The first kappa shape index (κ1) is 40.4. The Labute approximate surface area is 376 Å². The fourth-order valence-corrected chi connectivity index (χ4v) is 11.9. The zero-order valence-corrected chi connectivity index (χ0v) is 39.6. The minimum absolute atomic E-state index is 0.0220. The SMILES string of the molecule is Cc1cc2c3c(c1)N(c1ccc(C(C)(C)C)cc1-c1ccccc1)c1cc4c(cc1B3c1cc3c(cc1N2c1ccc2c(c1)C(C)(C)CCC2(C)C)C(C)(C)CCC3(C)C)OCO4. The van der Waals surface area contributed by atoms with E-state index in [0.717, 1.165) is 35.7 Å². The highest BCUT2D eigenvalue weighted by molar-refractivity contribution is 7.00. The maximum atomic E-state index is 6.27. The molecule has 11 rings (SSSR count). The molecule has 5 aliphatic rings. The lowest BCUT2D eigenvalue weighted by Crippen LogP contribution is -2.62. The molecule has 3 heterocycles. The van der Waals surface area contributed by atoms with E-state index in [4.69, 9.17) is 9.47 Å². The summed E-state index contributed by atoms with van der Waals surface area (Å²) in [4.78, 5) is 5.21. The second-order valence-corrected chi connectivity index (χ2v) is 23.2. The van der Waals surface area contributed by atoms with Crippen LogP contribution in [0, 0.1) is 6.92 Å². The van der Waals surface area contributed by atoms with E-state index in [1.807, 2.05) is 0 Å². The summed E-state index contributed by atoms with van der Waals surface area (Å²) in [5.74, 6) is 1.62. The van der Waals surface area contributed by atoms with Crippen LogP contribution in [0.25, 0.3) is 11.1 Å². The molecule has 0 unspecified atom stereocenters. The van der Waals surface area contributed by atoms with E-state index in [9.17, 15) is 0 Å². The summed E-state index contributed by atoms with van der Waals surface area (Å²) in [6.45, 7) is 29.0. The molecule has 2 aliphatic carbocycles. The molecule has 6 aromatic rings. The lowest BCUT2D eigenvalue weighted by Gasteiger charge is -2.48. The second-order valence-electron chi connectivity index (χ2n) is 23.2. The number of rotatable bonds is 3. The average Bonchev–Trinajstić information content (AvgIpc) is 3.70. The van der Waals surface area contributed by atoms with Crippen LogP contribution in [0.15, 0.2) is 103 Å². The Morgan fingerprint density at radius 2 is 1.06 bits per heavy atom. The van der Waals surface area contributed by atoms with Crippen molar-refractivity contribution in [3.8, 4) is 22.6 Å². The van der Waals surface area contributed by atoms with Gasteiger partial charge in [-0.15, -0.1) is 0 Å². The Bertz CT molecular complexity index is 2900. The summed E-state index contributed by atoms with van der Waals surface area (Å²) in [6, 6.07) is 40.3. The summed E-state index contributed by atoms with van der Waals surface area (Å²) < 4.78 is 12.5. The molecule has 0 aromatic heterocycles. The maximum absolute atomic E-state index is 6.27. The Kier molecular flexibility index (Phi) is 8.53. The van der Waals surface area contributed by atoms with Crippen LogP contribution in [0.3, 0.4) is 0 Å². The number of nitrogens with zero attached hydrogens (tertiary/aromatic N) is 2. The first-order valence-electron chi connectivity index (χ1n) is 23.5. The highest BCUT2D eigenvalue weighted by Crippen LogP contribution is 2.54. The van der Waals surface area contributed by atoms with Crippen molar-refractivity contribution in [3.05, 3.63) is 137 Å². The molecule has 3 aliphatic heterocycles. The zero-order valence-electron chi connectivity index (χ0n) is 39.6. The second kappa shape index (κ2) is 13.3. The monoisotopic (exact) mass is 830 g/mol. The third kappa shape index (κ3) is 6.08. The van der Waals surface area contributed by atoms with Gasteiger partial charge in [0.2, 0.25) is 6.79 Å². The molecule has 0 fully saturated rings. The van der Waals surface area contributed by atoms with E-state index in [1.165, 1.54) is 96.5 Å². The van der Waals surface area contributed by atoms with Crippen molar-refractivity contribution >= 4 is 57.2 Å². The van der Waals surface area contributed by atoms with Crippen LogP contribution in [0.4, 0.5) is 34.1 Å². The van der Waals surface area contributed by atoms with Crippen LogP contribution in [-0.4, -0.2) is 13.5 Å². The van der Waals surface area contributed by atoms with Gasteiger partial charge in [-0.2, -0.15) is 0 Å². The Hall–Kier alpha value is -5.42. The first-order valence-corrected chi connectivity index (χ1v) is 23.5. The molecule has 63 heavy (non-hydrogen) atoms. The third-order valence-corrected chi connectivity index (χ3v) is 16.0. The van der Waals surface area contributed by atoms with Gasteiger partial charge in [-0.25, -0.2) is 0 Å². The van der Waals surface area contributed by atoms with Crippen LogP contribution in [0.2, 0.25) is 0 Å². The lowest BCUT2D eigenvalue weighted by molar-refractivity contribution is 0.174. The summed E-state index contributed by atoms with van der Waals surface area (Å²) in [6.07, 6.45) is 4.69. The lowest BCUT2D eigenvalue weighted by atomic mass is 9.33. The van der Waals surface area contributed by atoms with Crippen molar-refractivity contribution < 1.29 is 9.47 Å². The van der Waals surface area contributed by atoms with Crippen LogP contribution < -0.4 is 35.7 Å². The summed E-state index contributed by atoms with van der Waals surface area (Å²) in [5.41, 5.74) is 22.4. The Morgan fingerprint density at radius 3 is 1.71 bits per heavy atom. The van der Waals surface area contributed by atoms with Crippen molar-refractivity contribution in [3.63, 3.8) is 0 Å². The van der Waals surface area contributed by atoms with Gasteiger partial charge < -0.3 is 19.3 Å². The molecule has 0 radical (unpaired) electrons. The van der Waals surface area contributed by atoms with Crippen molar-refractivity contribution in [2.45, 2.75) is 136 Å². The highest BCUT2D eigenvalue weighted by Gasteiger charge is 2.48. The standard InChI is InChI=1S/C58H63BN2O2/c1-35-26-49-53-50(27-35)61(46-21-18-37(54(2,3)4)28-39(46)36-16-14-13-15-17-36)48-33-52-51(62-34-63-52)32-45(48)59(53)44-30-42-43(58(11,12)25-24-57(42,9)10)31-47(44)60(49)38-19-20-40-41(29-38)56(7,8)23-22-55(40,5)6/h13-21,26-33H,22-25,34H2,1-12H3. The number of hydrogen-bond acceptors (Lipinski definition) is 4. The fraction of sp³-hybridized carbons (Fsp3) is 0.379. The molecule has 4 nitrogen and oxygen atoms in total. The molecule has 0 N–H and O–H groups in total. The smallest absolute Gasteiger partial charge is 0.252 e. The normalized spacial score (nSPS) is 19.1. The zero-order chi connectivity index (χ0) is 44.2. The minimum Gasteiger partial charge on any atom is -0.454 e. The Morgan fingerprint density at radius 1 is 0.508 bits per heavy atom. The maximum Gasteiger partial charge on any atom is 0.252 e. The molecule has 5 heteroatoms. The van der Waals surface area contributed by atoms with Gasteiger partial charge in [0.1, 0.15) is 0 Å². The number of benzene rings is 6. The predicted octanol–water partition coefficient (Wildman–Crippen LogP) is 13.5. The quantitative estimate of drug-likeness (QED) is 0.166. The number of anilines is 6. The minimum atomic E-state index is -0.0317. The van der Waals surface area contributed by atoms with Gasteiger partial charge in [0.15, 0.2) is 11.5 Å². The molecule has 0 amide bonds. The summed E-state index contributed by atoms with van der Waals surface area (Å²) in [7, 11) is 0. The number of aryl methyl sites for hydroxylation is 1. The van der Waals surface area contributed by atoms with Crippen molar-refractivity contribution in [2.75, 3.05) is 16.6 Å². The molecule has 0 saturated carbocycles. The third-order valence-electron chi connectivity index (χ3n) is 16.0. The van der Waals surface area contributed by atoms with Gasteiger partial charge in [-0.1, -0.05) is 125 Å². The topological polar surface area (TPSA) is 24.9 Å². The van der Waals surface area contributed by atoms with Gasteiger partial charge in [-0.05, 0) is 164 Å². The van der Waals surface area contributed by atoms with E-state index in [2.05, 4.69) is 196 Å².